The Morgan fingerprint density at radius 2 is 1.53 bits per heavy atom. The van der Waals surface area contributed by atoms with E-state index in [2.05, 4.69) is 32.0 Å². The van der Waals surface area contributed by atoms with Gasteiger partial charge >= 0.3 is 0 Å². The summed E-state index contributed by atoms with van der Waals surface area (Å²) in [6.07, 6.45) is -0.725. The van der Waals surface area contributed by atoms with E-state index in [9.17, 15) is 13.2 Å². The molecular formula is C24H25BrN2O4S. The molecule has 6 nitrogen and oxygen atoms in total. The summed E-state index contributed by atoms with van der Waals surface area (Å²) < 4.78 is 34.4. The van der Waals surface area contributed by atoms with Gasteiger partial charge in [0.2, 0.25) is 0 Å². The lowest BCUT2D eigenvalue weighted by Gasteiger charge is -2.18. The van der Waals surface area contributed by atoms with Crippen LogP contribution in [0.25, 0.3) is 0 Å². The van der Waals surface area contributed by atoms with Gasteiger partial charge in [-0.1, -0.05) is 22.0 Å². The Balaban J connectivity index is 1.66. The van der Waals surface area contributed by atoms with Crippen LogP contribution >= 0.6 is 15.9 Å². The fourth-order valence-corrected chi connectivity index (χ4v) is 4.38. The third-order valence-electron chi connectivity index (χ3n) is 4.97. The molecule has 0 aliphatic rings. The first kappa shape index (κ1) is 23.8. The average molecular weight is 517 g/mol. The minimum atomic E-state index is -3.74. The van der Waals surface area contributed by atoms with Crippen LogP contribution in [0, 0.1) is 20.8 Å². The van der Waals surface area contributed by atoms with Gasteiger partial charge in [0.25, 0.3) is 15.9 Å². The van der Waals surface area contributed by atoms with Crippen molar-refractivity contribution < 1.29 is 17.9 Å². The van der Waals surface area contributed by atoms with Crippen LogP contribution in [0.1, 0.15) is 23.6 Å². The van der Waals surface area contributed by atoms with Gasteiger partial charge in [0, 0.05) is 15.8 Å². The number of ether oxygens (including phenoxy) is 1. The fourth-order valence-electron chi connectivity index (χ4n) is 3.06. The minimum absolute atomic E-state index is 0.0913. The summed E-state index contributed by atoms with van der Waals surface area (Å²) in [6.45, 7) is 7.61. The summed E-state index contributed by atoms with van der Waals surface area (Å²) in [5, 5.41) is 2.76. The molecule has 2 N–H and O–H groups in total. The number of benzene rings is 3. The number of carbonyl (C=O) groups is 1. The third-order valence-corrected chi connectivity index (χ3v) is 6.89. The predicted octanol–water partition coefficient (Wildman–Crippen LogP) is 5.58. The van der Waals surface area contributed by atoms with Gasteiger partial charge in [0.05, 0.1) is 4.90 Å². The molecule has 0 heterocycles. The number of carbonyl (C=O) groups excluding carboxylic acids is 1. The number of hydrogen-bond acceptors (Lipinski definition) is 4. The highest BCUT2D eigenvalue weighted by Gasteiger charge is 2.18. The molecule has 1 amide bonds. The molecule has 32 heavy (non-hydrogen) atoms. The van der Waals surface area contributed by atoms with Crippen molar-refractivity contribution in [3.8, 4) is 5.75 Å². The zero-order chi connectivity index (χ0) is 23.5. The Bertz CT molecular complexity index is 1220. The topological polar surface area (TPSA) is 84.5 Å². The normalized spacial score (nSPS) is 12.2. The Labute approximate surface area is 197 Å². The van der Waals surface area contributed by atoms with E-state index in [1.54, 1.807) is 43.3 Å². The number of halogens is 1. The molecule has 0 radical (unpaired) electrons. The number of aryl methyl sites for hydroxylation is 2. The standard InChI is InChI=1S/C24H25BrN2O4S/c1-15-13-16(2)17(3)23(14-15)31-18(4)24(28)26-20-9-11-22(12-10-20)32(29,30)27-21-7-5-19(25)6-8-21/h5-14,18,27H,1-4H3,(H,26,28). The van der Waals surface area contributed by atoms with E-state index in [4.69, 9.17) is 4.74 Å². The van der Waals surface area contributed by atoms with Gasteiger partial charge in [-0.25, -0.2) is 8.42 Å². The molecule has 3 rings (SSSR count). The van der Waals surface area contributed by atoms with Gasteiger partial charge < -0.3 is 10.1 Å². The van der Waals surface area contributed by atoms with Crippen molar-refractivity contribution in [3.63, 3.8) is 0 Å². The third kappa shape index (κ3) is 5.89. The molecular weight excluding hydrogens is 492 g/mol. The van der Waals surface area contributed by atoms with Crippen molar-refractivity contribution >= 4 is 43.2 Å². The van der Waals surface area contributed by atoms with Crippen molar-refractivity contribution in [2.24, 2.45) is 0 Å². The monoisotopic (exact) mass is 516 g/mol. The highest BCUT2D eigenvalue weighted by molar-refractivity contribution is 9.10. The molecule has 0 aromatic heterocycles. The Hall–Kier alpha value is -2.84. The molecule has 1 atom stereocenters. The second-order valence-electron chi connectivity index (χ2n) is 7.59. The second-order valence-corrected chi connectivity index (χ2v) is 10.2. The largest absolute Gasteiger partial charge is 0.481 e. The van der Waals surface area contributed by atoms with Crippen molar-refractivity contribution in [2.45, 2.75) is 38.7 Å². The first-order valence-corrected chi connectivity index (χ1v) is 12.3. The quantitative estimate of drug-likeness (QED) is 0.429. The summed E-state index contributed by atoms with van der Waals surface area (Å²) in [6, 6.07) is 16.8. The number of sulfonamides is 1. The smallest absolute Gasteiger partial charge is 0.265 e. The van der Waals surface area contributed by atoms with E-state index in [1.165, 1.54) is 12.1 Å². The van der Waals surface area contributed by atoms with Gasteiger partial charge in [-0.2, -0.15) is 0 Å². The molecule has 0 spiro atoms. The summed E-state index contributed by atoms with van der Waals surface area (Å²) in [5.41, 5.74) is 4.08. The van der Waals surface area contributed by atoms with Crippen molar-refractivity contribution in [1.82, 2.24) is 0 Å². The molecule has 3 aromatic rings. The summed E-state index contributed by atoms with van der Waals surface area (Å²) in [5.74, 6) is 0.345. The zero-order valence-electron chi connectivity index (χ0n) is 18.3. The van der Waals surface area contributed by atoms with E-state index >= 15 is 0 Å². The van der Waals surface area contributed by atoms with E-state index in [1.807, 2.05) is 26.8 Å². The van der Waals surface area contributed by atoms with Gasteiger partial charge in [-0.3, -0.25) is 9.52 Å². The van der Waals surface area contributed by atoms with E-state index in [0.717, 1.165) is 21.2 Å². The van der Waals surface area contributed by atoms with Gasteiger partial charge in [0.1, 0.15) is 5.75 Å². The number of hydrogen-bond donors (Lipinski definition) is 2. The molecule has 0 saturated carbocycles. The second kappa shape index (κ2) is 9.75. The fraction of sp³-hybridized carbons (Fsp3) is 0.208. The van der Waals surface area contributed by atoms with Crippen molar-refractivity contribution in [3.05, 3.63) is 81.8 Å². The summed E-state index contributed by atoms with van der Waals surface area (Å²) >= 11 is 3.32. The minimum Gasteiger partial charge on any atom is -0.481 e. The highest BCUT2D eigenvalue weighted by Crippen LogP contribution is 2.25. The Morgan fingerprint density at radius 1 is 0.938 bits per heavy atom. The molecule has 0 fully saturated rings. The molecule has 3 aromatic carbocycles. The summed E-state index contributed by atoms with van der Waals surface area (Å²) in [7, 11) is -3.74. The number of anilines is 2. The van der Waals surface area contributed by atoms with Gasteiger partial charge in [-0.05, 0) is 99.0 Å². The van der Waals surface area contributed by atoms with Crippen LogP contribution in [0.15, 0.2) is 70.0 Å². The van der Waals surface area contributed by atoms with Gasteiger partial charge in [0.15, 0.2) is 6.10 Å². The van der Waals surface area contributed by atoms with Crippen molar-refractivity contribution in [2.75, 3.05) is 10.0 Å². The van der Waals surface area contributed by atoms with Crippen LogP contribution < -0.4 is 14.8 Å². The molecule has 1 unspecified atom stereocenters. The lowest BCUT2D eigenvalue weighted by molar-refractivity contribution is -0.122. The van der Waals surface area contributed by atoms with Crippen LogP contribution in [-0.2, 0) is 14.8 Å². The SMILES string of the molecule is Cc1cc(C)c(C)c(OC(C)C(=O)Nc2ccc(S(=O)(=O)Nc3ccc(Br)cc3)cc2)c1. The predicted molar refractivity (Wildman–Crippen MR) is 131 cm³/mol. The number of amides is 1. The van der Waals surface area contributed by atoms with Crippen LogP contribution in [-0.4, -0.2) is 20.4 Å². The van der Waals surface area contributed by atoms with E-state index in [0.29, 0.717) is 17.1 Å². The Morgan fingerprint density at radius 3 is 2.16 bits per heavy atom. The number of rotatable bonds is 7. The number of nitrogens with one attached hydrogen (secondary N) is 2. The maximum atomic E-state index is 12.6. The van der Waals surface area contributed by atoms with Crippen LogP contribution in [0.4, 0.5) is 11.4 Å². The molecule has 168 valence electrons. The first-order valence-electron chi connectivity index (χ1n) is 9.99. The maximum Gasteiger partial charge on any atom is 0.265 e. The van der Waals surface area contributed by atoms with Crippen molar-refractivity contribution in [1.29, 1.82) is 0 Å². The van der Waals surface area contributed by atoms with Crippen LogP contribution in [0.3, 0.4) is 0 Å². The average Bonchev–Trinajstić information content (AvgIpc) is 2.73. The molecule has 0 aliphatic heterocycles. The van der Waals surface area contributed by atoms with E-state index in [-0.39, 0.29) is 10.8 Å². The Kier molecular flexibility index (Phi) is 7.26. The molecule has 0 aliphatic carbocycles. The highest BCUT2D eigenvalue weighted by atomic mass is 79.9. The molecule has 8 heteroatoms. The lowest BCUT2D eigenvalue weighted by atomic mass is 10.1. The summed E-state index contributed by atoms with van der Waals surface area (Å²) in [4.78, 5) is 12.7. The maximum absolute atomic E-state index is 12.6. The van der Waals surface area contributed by atoms with E-state index < -0.39 is 16.1 Å². The van der Waals surface area contributed by atoms with Crippen LogP contribution in [0.5, 0.6) is 5.75 Å². The van der Waals surface area contributed by atoms with Crippen LogP contribution in [0.2, 0.25) is 0 Å². The molecule has 0 bridgehead atoms. The zero-order valence-corrected chi connectivity index (χ0v) is 20.7. The lowest BCUT2D eigenvalue weighted by Crippen LogP contribution is -2.30. The van der Waals surface area contributed by atoms with Gasteiger partial charge in [-0.15, -0.1) is 0 Å². The molecule has 0 saturated heterocycles. The first-order chi connectivity index (χ1) is 15.0.